The monoisotopic (exact) mass is 259 g/mol. The standard InChI is InChI=1S/C15H17NO3/c1-3-19-15(18)14-10-7-8-12(17)9-5-4-6-11(13(9)10)16(14)2/h4-6,12,17H,3,7-8H2,1-2H3. The number of nitrogens with zero attached hydrogens (tertiary/aromatic N) is 1. The number of benzene rings is 1. The Balaban J connectivity index is 2.31. The maximum atomic E-state index is 12.1. The highest BCUT2D eigenvalue weighted by molar-refractivity contribution is 6.00. The first-order chi connectivity index (χ1) is 9.15. The molecule has 1 aliphatic rings. The van der Waals surface area contributed by atoms with Crippen molar-refractivity contribution in [1.29, 1.82) is 0 Å². The lowest BCUT2D eigenvalue weighted by atomic mass is 9.89. The van der Waals surface area contributed by atoms with Crippen molar-refractivity contribution >= 4 is 16.9 Å². The van der Waals surface area contributed by atoms with E-state index in [-0.39, 0.29) is 5.97 Å². The van der Waals surface area contributed by atoms with Crippen LogP contribution in [0.3, 0.4) is 0 Å². The molecule has 19 heavy (non-hydrogen) atoms. The smallest absolute Gasteiger partial charge is 0.355 e. The van der Waals surface area contributed by atoms with Crippen molar-refractivity contribution in [3.05, 3.63) is 35.0 Å². The molecule has 0 amide bonds. The van der Waals surface area contributed by atoms with E-state index in [1.807, 2.05) is 29.8 Å². The van der Waals surface area contributed by atoms with E-state index in [0.29, 0.717) is 25.1 Å². The molecule has 0 bridgehead atoms. The molecule has 1 aliphatic carbocycles. The Kier molecular flexibility index (Phi) is 2.82. The Labute approximate surface area is 111 Å². The third-order valence-electron chi connectivity index (χ3n) is 3.85. The van der Waals surface area contributed by atoms with Crippen molar-refractivity contribution < 1.29 is 14.6 Å². The van der Waals surface area contributed by atoms with Crippen LogP contribution in [0.15, 0.2) is 18.2 Å². The Bertz CT molecular complexity index is 657. The molecule has 3 rings (SSSR count). The van der Waals surface area contributed by atoms with Gasteiger partial charge in [0.2, 0.25) is 0 Å². The topological polar surface area (TPSA) is 51.5 Å². The molecule has 1 aromatic heterocycles. The Morgan fingerprint density at radius 1 is 1.53 bits per heavy atom. The van der Waals surface area contributed by atoms with Gasteiger partial charge in [-0.05, 0) is 37.0 Å². The quantitative estimate of drug-likeness (QED) is 0.842. The van der Waals surface area contributed by atoms with E-state index < -0.39 is 6.10 Å². The molecule has 4 nitrogen and oxygen atoms in total. The van der Waals surface area contributed by atoms with E-state index in [1.165, 1.54) is 0 Å². The van der Waals surface area contributed by atoms with Crippen molar-refractivity contribution in [3.63, 3.8) is 0 Å². The minimum absolute atomic E-state index is 0.279. The molecular formula is C15H17NO3. The molecule has 2 aromatic rings. The first-order valence-corrected chi connectivity index (χ1v) is 6.60. The fourth-order valence-corrected chi connectivity index (χ4v) is 3.02. The highest BCUT2D eigenvalue weighted by Crippen LogP contribution is 2.38. The van der Waals surface area contributed by atoms with Crippen molar-refractivity contribution in [1.82, 2.24) is 4.57 Å². The number of hydrogen-bond acceptors (Lipinski definition) is 3. The van der Waals surface area contributed by atoms with Crippen LogP contribution in [-0.4, -0.2) is 22.2 Å². The van der Waals surface area contributed by atoms with Gasteiger partial charge >= 0.3 is 5.97 Å². The average molecular weight is 259 g/mol. The van der Waals surface area contributed by atoms with Crippen LogP contribution >= 0.6 is 0 Å². The molecule has 0 saturated carbocycles. The van der Waals surface area contributed by atoms with E-state index in [4.69, 9.17) is 4.74 Å². The highest BCUT2D eigenvalue weighted by atomic mass is 16.5. The number of esters is 1. The zero-order valence-corrected chi connectivity index (χ0v) is 11.1. The Hall–Kier alpha value is -1.81. The number of aliphatic hydroxyl groups excluding tert-OH is 1. The number of rotatable bonds is 2. The first-order valence-electron chi connectivity index (χ1n) is 6.60. The summed E-state index contributed by atoms with van der Waals surface area (Å²) in [5.74, 6) is -0.279. The Morgan fingerprint density at radius 2 is 2.32 bits per heavy atom. The number of aromatic nitrogens is 1. The molecule has 4 heteroatoms. The predicted octanol–water partition coefficient (Wildman–Crippen LogP) is 2.33. The number of aliphatic hydroxyl groups is 1. The second-order valence-electron chi connectivity index (χ2n) is 4.90. The van der Waals surface area contributed by atoms with E-state index in [0.717, 1.165) is 22.0 Å². The molecule has 1 aromatic carbocycles. The zero-order chi connectivity index (χ0) is 13.6. The van der Waals surface area contributed by atoms with Gasteiger partial charge in [-0.2, -0.15) is 0 Å². The largest absolute Gasteiger partial charge is 0.461 e. The van der Waals surface area contributed by atoms with E-state index >= 15 is 0 Å². The van der Waals surface area contributed by atoms with Gasteiger partial charge in [-0.3, -0.25) is 0 Å². The van der Waals surface area contributed by atoms with Crippen LogP contribution in [0.5, 0.6) is 0 Å². The summed E-state index contributed by atoms with van der Waals surface area (Å²) in [5.41, 5.74) is 3.53. The number of carbonyl (C=O) groups is 1. The van der Waals surface area contributed by atoms with Gasteiger partial charge in [-0.15, -0.1) is 0 Å². The number of hydrogen-bond donors (Lipinski definition) is 1. The van der Waals surface area contributed by atoms with Crippen molar-refractivity contribution in [2.75, 3.05) is 6.61 Å². The Morgan fingerprint density at radius 3 is 3.05 bits per heavy atom. The van der Waals surface area contributed by atoms with Crippen LogP contribution in [0.25, 0.3) is 10.9 Å². The van der Waals surface area contributed by atoms with Crippen LogP contribution in [-0.2, 0) is 18.2 Å². The molecule has 1 atom stereocenters. The van der Waals surface area contributed by atoms with Gasteiger partial charge in [0.1, 0.15) is 5.69 Å². The average Bonchev–Trinajstić information content (AvgIpc) is 2.69. The van der Waals surface area contributed by atoms with Crippen LogP contribution < -0.4 is 0 Å². The molecule has 1 N–H and O–H groups in total. The summed E-state index contributed by atoms with van der Waals surface area (Å²) in [6, 6.07) is 5.83. The van der Waals surface area contributed by atoms with Gasteiger partial charge in [0, 0.05) is 18.0 Å². The lowest BCUT2D eigenvalue weighted by Crippen LogP contribution is -2.13. The maximum Gasteiger partial charge on any atom is 0.355 e. The molecule has 1 unspecified atom stereocenters. The lowest BCUT2D eigenvalue weighted by Gasteiger charge is -2.18. The normalized spacial score (nSPS) is 17.7. The van der Waals surface area contributed by atoms with Crippen LogP contribution in [0.2, 0.25) is 0 Å². The predicted molar refractivity (Wildman–Crippen MR) is 72.2 cm³/mol. The first kappa shape index (κ1) is 12.2. The van der Waals surface area contributed by atoms with Gasteiger partial charge in [0.15, 0.2) is 0 Å². The summed E-state index contributed by atoms with van der Waals surface area (Å²) >= 11 is 0. The lowest BCUT2D eigenvalue weighted by molar-refractivity contribution is 0.0513. The molecule has 0 spiro atoms. The summed E-state index contributed by atoms with van der Waals surface area (Å²) in [4.78, 5) is 12.1. The van der Waals surface area contributed by atoms with Crippen molar-refractivity contribution in [2.24, 2.45) is 7.05 Å². The second kappa shape index (κ2) is 4.38. The number of aryl methyl sites for hydroxylation is 2. The van der Waals surface area contributed by atoms with Gasteiger partial charge in [-0.1, -0.05) is 12.1 Å². The number of carbonyl (C=O) groups excluding carboxylic acids is 1. The molecule has 0 fully saturated rings. The van der Waals surface area contributed by atoms with Crippen molar-refractivity contribution in [2.45, 2.75) is 25.9 Å². The SMILES string of the molecule is CCOC(=O)c1c2c3c(cccc3n1C)C(O)CC2. The molecule has 0 aliphatic heterocycles. The van der Waals surface area contributed by atoms with E-state index in [2.05, 4.69) is 0 Å². The van der Waals surface area contributed by atoms with Crippen LogP contribution in [0, 0.1) is 0 Å². The van der Waals surface area contributed by atoms with Crippen molar-refractivity contribution in [3.8, 4) is 0 Å². The second-order valence-corrected chi connectivity index (χ2v) is 4.90. The minimum Gasteiger partial charge on any atom is -0.461 e. The highest BCUT2D eigenvalue weighted by Gasteiger charge is 2.28. The summed E-state index contributed by atoms with van der Waals surface area (Å²) in [6.45, 7) is 2.18. The van der Waals surface area contributed by atoms with Gasteiger partial charge in [0.25, 0.3) is 0 Å². The van der Waals surface area contributed by atoms with Gasteiger partial charge in [-0.25, -0.2) is 4.79 Å². The summed E-state index contributed by atoms with van der Waals surface area (Å²) in [7, 11) is 1.87. The van der Waals surface area contributed by atoms with Gasteiger partial charge < -0.3 is 14.4 Å². The molecule has 0 saturated heterocycles. The number of ether oxygens (including phenoxy) is 1. The molecule has 1 heterocycles. The molecular weight excluding hydrogens is 242 g/mol. The van der Waals surface area contributed by atoms with E-state index in [1.54, 1.807) is 6.92 Å². The summed E-state index contributed by atoms with van der Waals surface area (Å²) in [6.07, 6.45) is 0.931. The minimum atomic E-state index is -0.436. The maximum absolute atomic E-state index is 12.1. The zero-order valence-electron chi connectivity index (χ0n) is 11.1. The fourth-order valence-electron chi connectivity index (χ4n) is 3.02. The third-order valence-corrected chi connectivity index (χ3v) is 3.85. The van der Waals surface area contributed by atoms with Crippen LogP contribution in [0.1, 0.15) is 41.1 Å². The van der Waals surface area contributed by atoms with Gasteiger partial charge in [0.05, 0.1) is 12.7 Å². The fraction of sp³-hybridized carbons (Fsp3) is 0.400. The summed E-state index contributed by atoms with van der Waals surface area (Å²) < 4.78 is 7.03. The molecule has 100 valence electrons. The third kappa shape index (κ3) is 1.67. The van der Waals surface area contributed by atoms with Crippen LogP contribution in [0.4, 0.5) is 0 Å². The summed E-state index contributed by atoms with van der Waals surface area (Å²) in [5, 5.41) is 11.1. The molecule has 0 radical (unpaired) electrons. The van der Waals surface area contributed by atoms with E-state index in [9.17, 15) is 9.90 Å².